The summed E-state index contributed by atoms with van der Waals surface area (Å²) in [6, 6.07) is 16.9. The highest BCUT2D eigenvalue weighted by Crippen LogP contribution is 2.33. The van der Waals surface area contributed by atoms with Crippen molar-refractivity contribution in [2.45, 2.75) is 19.1 Å². The van der Waals surface area contributed by atoms with Crippen LogP contribution in [-0.2, 0) is 11.3 Å². The first-order valence-electron chi connectivity index (χ1n) is 8.20. The summed E-state index contributed by atoms with van der Waals surface area (Å²) >= 11 is 0. The second-order valence-electron chi connectivity index (χ2n) is 6.13. The van der Waals surface area contributed by atoms with E-state index in [0.717, 1.165) is 37.0 Å². The van der Waals surface area contributed by atoms with E-state index in [0.29, 0.717) is 5.92 Å². The van der Waals surface area contributed by atoms with Crippen molar-refractivity contribution >= 4 is 10.9 Å². The molecular weight excluding hydrogens is 286 g/mol. The van der Waals surface area contributed by atoms with Gasteiger partial charge < -0.3 is 10.1 Å². The molecule has 2 N–H and O–H groups in total. The van der Waals surface area contributed by atoms with Crippen LogP contribution >= 0.6 is 0 Å². The SMILES string of the molecule is c1ccc([C@H]2OCC[C@@H]2CNCc2cccc3cn[nH]c23)cc1. The second-order valence-corrected chi connectivity index (χ2v) is 6.13. The fourth-order valence-electron chi connectivity index (χ4n) is 3.42. The van der Waals surface area contributed by atoms with Gasteiger partial charge in [-0.15, -0.1) is 0 Å². The van der Waals surface area contributed by atoms with Crippen LogP contribution < -0.4 is 5.32 Å². The summed E-state index contributed by atoms with van der Waals surface area (Å²) in [5.74, 6) is 0.526. The summed E-state index contributed by atoms with van der Waals surface area (Å²) in [6.07, 6.45) is 3.20. The van der Waals surface area contributed by atoms with Crippen LogP contribution in [0.1, 0.15) is 23.7 Å². The van der Waals surface area contributed by atoms with Gasteiger partial charge in [-0.25, -0.2) is 0 Å². The minimum atomic E-state index is 0.214. The van der Waals surface area contributed by atoms with Gasteiger partial charge in [-0.3, -0.25) is 5.10 Å². The summed E-state index contributed by atoms with van der Waals surface area (Å²) in [5.41, 5.74) is 3.67. The van der Waals surface area contributed by atoms with Gasteiger partial charge in [0.15, 0.2) is 0 Å². The van der Waals surface area contributed by atoms with Gasteiger partial charge in [0.05, 0.1) is 17.8 Å². The number of nitrogens with zero attached hydrogens (tertiary/aromatic N) is 1. The third-order valence-corrected chi connectivity index (χ3v) is 4.63. The number of H-pyrrole nitrogens is 1. The molecular formula is C19H21N3O. The van der Waals surface area contributed by atoms with Gasteiger partial charge in [0, 0.05) is 31.0 Å². The number of aromatic amines is 1. The van der Waals surface area contributed by atoms with E-state index in [4.69, 9.17) is 4.74 Å². The lowest BCUT2D eigenvalue weighted by molar-refractivity contribution is 0.0904. The van der Waals surface area contributed by atoms with Crippen LogP contribution in [0.4, 0.5) is 0 Å². The zero-order valence-corrected chi connectivity index (χ0v) is 13.0. The largest absolute Gasteiger partial charge is 0.373 e. The molecule has 0 saturated carbocycles. The molecule has 4 rings (SSSR count). The zero-order valence-electron chi connectivity index (χ0n) is 13.0. The maximum absolute atomic E-state index is 5.96. The van der Waals surface area contributed by atoms with Crippen molar-refractivity contribution in [2.24, 2.45) is 5.92 Å². The quantitative estimate of drug-likeness (QED) is 0.759. The molecule has 1 saturated heterocycles. The highest BCUT2D eigenvalue weighted by Gasteiger charge is 2.29. The van der Waals surface area contributed by atoms with Gasteiger partial charge in [0.25, 0.3) is 0 Å². The summed E-state index contributed by atoms with van der Waals surface area (Å²) in [6.45, 7) is 2.66. The van der Waals surface area contributed by atoms with Crippen molar-refractivity contribution in [1.29, 1.82) is 0 Å². The second kappa shape index (κ2) is 6.52. The number of hydrogen-bond acceptors (Lipinski definition) is 3. The number of hydrogen-bond donors (Lipinski definition) is 2. The maximum Gasteiger partial charge on any atom is 0.0866 e. The van der Waals surface area contributed by atoms with E-state index in [1.165, 1.54) is 11.1 Å². The third kappa shape index (κ3) is 3.00. The van der Waals surface area contributed by atoms with E-state index < -0.39 is 0 Å². The number of para-hydroxylation sites is 1. The number of rotatable bonds is 5. The average molecular weight is 307 g/mol. The van der Waals surface area contributed by atoms with Gasteiger partial charge in [-0.2, -0.15) is 5.10 Å². The minimum absolute atomic E-state index is 0.214. The van der Waals surface area contributed by atoms with E-state index in [1.54, 1.807) is 0 Å². The third-order valence-electron chi connectivity index (χ3n) is 4.63. The molecule has 0 bridgehead atoms. The van der Waals surface area contributed by atoms with E-state index in [2.05, 4.69) is 64.0 Å². The molecule has 1 fully saturated rings. The lowest BCUT2D eigenvalue weighted by atomic mass is 9.95. The Morgan fingerprint density at radius 1 is 1.13 bits per heavy atom. The van der Waals surface area contributed by atoms with Gasteiger partial charge in [0.1, 0.15) is 0 Å². The van der Waals surface area contributed by atoms with Crippen molar-refractivity contribution in [3.05, 3.63) is 65.9 Å². The van der Waals surface area contributed by atoms with Crippen LogP contribution in [0.5, 0.6) is 0 Å². The van der Waals surface area contributed by atoms with Crippen molar-refractivity contribution in [3.63, 3.8) is 0 Å². The number of benzene rings is 2. The molecule has 0 radical (unpaired) electrons. The summed E-state index contributed by atoms with van der Waals surface area (Å²) in [5, 5.41) is 12.0. The predicted molar refractivity (Wildman–Crippen MR) is 91.0 cm³/mol. The van der Waals surface area contributed by atoms with Gasteiger partial charge in [-0.05, 0) is 17.5 Å². The molecule has 4 nitrogen and oxygen atoms in total. The molecule has 23 heavy (non-hydrogen) atoms. The Hall–Kier alpha value is -2.17. The molecule has 2 atom stereocenters. The molecule has 0 spiro atoms. The van der Waals surface area contributed by atoms with Crippen molar-refractivity contribution in [2.75, 3.05) is 13.2 Å². The van der Waals surface area contributed by atoms with Gasteiger partial charge in [0.2, 0.25) is 0 Å². The molecule has 118 valence electrons. The Bertz CT molecular complexity index is 768. The number of nitrogens with one attached hydrogen (secondary N) is 2. The van der Waals surface area contributed by atoms with Gasteiger partial charge >= 0.3 is 0 Å². The van der Waals surface area contributed by atoms with Crippen molar-refractivity contribution < 1.29 is 4.74 Å². The maximum atomic E-state index is 5.96. The Labute approximate surface area is 135 Å². The zero-order chi connectivity index (χ0) is 15.5. The minimum Gasteiger partial charge on any atom is -0.373 e. The smallest absolute Gasteiger partial charge is 0.0866 e. The van der Waals surface area contributed by atoms with Crippen LogP contribution in [0.15, 0.2) is 54.7 Å². The van der Waals surface area contributed by atoms with E-state index in [-0.39, 0.29) is 6.10 Å². The normalized spacial score (nSPS) is 21.0. The highest BCUT2D eigenvalue weighted by molar-refractivity contribution is 5.81. The Morgan fingerprint density at radius 3 is 2.96 bits per heavy atom. The molecule has 0 unspecified atom stereocenters. The molecule has 0 amide bonds. The average Bonchev–Trinajstić information content (AvgIpc) is 3.25. The first-order chi connectivity index (χ1) is 11.4. The first-order valence-corrected chi connectivity index (χ1v) is 8.20. The van der Waals surface area contributed by atoms with Crippen LogP contribution in [-0.4, -0.2) is 23.3 Å². The lowest BCUT2D eigenvalue weighted by Gasteiger charge is -2.19. The van der Waals surface area contributed by atoms with E-state index >= 15 is 0 Å². The Balaban J connectivity index is 1.40. The topological polar surface area (TPSA) is 49.9 Å². The molecule has 2 heterocycles. The van der Waals surface area contributed by atoms with Crippen LogP contribution in [0, 0.1) is 5.92 Å². The standard InChI is InChI=1S/C19H21N3O/c1-2-5-14(6-3-1)19-17(9-10-23-19)12-20-11-15-7-4-8-16-13-21-22-18(15)16/h1-8,13,17,19-20H,9-12H2,(H,21,22)/t17-,19-/m1/s1. The predicted octanol–water partition coefficient (Wildman–Crippen LogP) is 3.43. The monoisotopic (exact) mass is 307 g/mol. The number of fused-ring (bicyclic) bond motifs is 1. The Kier molecular flexibility index (Phi) is 4.09. The fraction of sp³-hybridized carbons (Fsp3) is 0.316. The first kappa shape index (κ1) is 14.4. The van der Waals surface area contributed by atoms with E-state index in [9.17, 15) is 0 Å². The van der Waals surface area contributed by atoms with Crippen molar-refractivity contribution in [1.82, 2.24) is 15.5 Å². The molecule has 1 aromatic heterocycles. The van der Waals surface area contributed by atoms with Crippen LogP contribution in [0.2, 0.25) is 0 Å². The summed E-state index contributed by atoms with van der Waals surface area (Å²) in [7, 11) is 0. The lowest BCUT2D eigenvalue weighted by Crippen LogP contribution is -2.24. The highest BCUT2D eigenvalue weighted by atomic mass is 16.5. The molecule has 3 aromatic rings. The molecule has 2 aromatic carbocycles. The summed E-state index contributed by atoms with van der Waals surface area (Å²) in [4.78, 5) is 0. The van der Waals surface area contributed by atoms with Gasteiger partial charge in [-0.1, -0.05) is 48.5 Å². The van der Waals surface area contributed by atoms with E-state index in [1.807, 2.05) is 6.20 Å². The fourth-order valence-corrected chi connectivity index (χ4v) is 3.42. The van der Waals surface area contributed by atoms with Crippen LogP contribution in [0.25, 0.3) is 10.9 Å². The summed E-state index contributed by atoms with van der Waals surface area (Å²) < 4.78 is 5.96. The molecule has 1 aliphatic heterocycles. The Morgan fingerprint density at radius 2 is 2.04 bits per heavy atom. The molecule has 0 aliphatic carbocycles. The van der Waals surface area contributed by atoms with Crippen LogP contribution in [0.3, 0.4) is 0 Å². The number of aromatic nitrogens is 2. The van der Waals surface area contributed by atoms with Crippen molar-refractivity contribution in [3.8, 4) is 0 Å². The number of ether oxygens (including phenoxy) is 1. The molecule has 1 aliphatic rings. The molecule has 4 heteroatoms.